The second kappa shape index (κ2) is 9.72. The molecule has 0 saturated carbocycles. The normalized spacial score (nSPS) is 19.5. The summed E-state index contributed by atoms with van der Waals surface area (Å²) in [5.41, 5.74) is 1.65. The van der Waals surface area contributed by atoms with E-state index in [1.807, 2.05) is 6.07 Å². The van der Waals surface area contributed by atoms with Crippen LogP contribution in [0.15, 0.2) is 23.1 Å². The number of anilines is 1. The Balaban J connectivity index is 1.51. The molecule has 0 aromatic carbocycles. The van der Waals surface area contributed by atoms with Crippen molar-refractivity contribution >= 4 is 28.8 Å². The van der Waals surface area contributed by atoms with E-state index in [4.69, 9.17) is 16.9 Å². The number of piperazine rings is 1. The maximum Gasteiger partial charge on any atom is 0.352 e. The highest BCUT2D eigenvalue weighted by atomic mass is 35.5. The van der Waals surface area contributed by atoms with Crippen molar-refractivity contribution in [3.8, 4) is 6.07 Å². The summed E-state index contributed by atoms with van der Waals surface area (Å²) in [6.45, 7) is 7.60. The highest BCUT2D eigenvalue weighted by Gasteiger charge is 2.37. The number of halogens is 2. The Kier molecular flexibility index (Phi) is 6.59. The van der Waals surface area contributed by atoms with Gasteiger partial charge in [0.2, 0.25) is 11.8 Å². The zero-order valence-corrected chi connectivity index (χ0v) is 21.9. The molecule has 5 rings (SSSR count). The van der Waals surface area contributed by atoms with E-state index in [1.165, 1.54) is 9.08 Å². The van der Waals surface area contributed by atoms with Gasteiger partial charge in [-0.1, -0.05) is 25.4 Å². The van der Waals surface area contributed by atoms with Crippen LogP contribution in [0.1, 0.15) is 51.0 Å². The van der Waals surface area contributed by atoms with Gasteiger partial charge in [-0.15, -0.1) is 0 Å². The number of nitrogens with zero attached hydrogens (tertiary/aromatic N) is 10. The van der Waals surface area contributed by atoms with Crippen molar-refractivity contribution in [2.75, 3.05) is 18.0 Å². The van der Waals surface area contributed by atoms with E-state index in [0.29, 0.717) is 30.4 Å². The Labute approximate surface area is 217 Å². The Morgan fingerprint density at radius 2 is 1.97 bits per heavy atom. The van der Waals surface area contributed by atoms with Crippen LogP contribution in [0.3, 0.4) is 0 Å². The number of hydrogen-bond acceptors (Lipinski definition) is 8. The van der Waals surface area contributed by atoms with Crippen molar-refractivity contribution in [3.05, 3.63) is 51.2 Å². The van der Waals surface area contributed by atoms with Gasteiger partial charge in [-0.05, 0) is 25.8 Å². The van der Waals surface area contributed by atoms with E-state index in [2.05, 4.69) is 56.8 Å². The number of aryl methyl sites for hydroxylation is 1. The monoisotopic (exact) mass is 526 g/mol. The average molecular weight is 527 g/mol. The molecule has 1 aliphatic heterocycles. The molecule has 0 aliphatic carbocycles. The molecule has 1 aliphatic rings. The van der Waals surface area contributed by atoms with Gasteiger partial charge in [-0.2, -0.15) is 29.3 Å². The number of rotatable bonds is 6. The first-order valence-corrected chi connectivity index (χ1v) is 12.7. The first kappa shape index (κ1) is 25.1. The molecule has 1 unspecified atom stereocenters. The zero-order chi connectivity index (χ0) is 26.4. The van der Waals surface area contributed by atoms with Crippen LogP contribution < -0.4 is 10.6 Å². The molecule has 4 aromatic rings. The molecule has 1 saturated heterocycles. The summed E-state index contributed by atoms with van der Waals surface area (Å²) in [6, 6.07) is 5.78. The maximum atomic E-state index is 14.4. The number of aromatic nitrogens is 7. The van der Waals surface area contributed by atoms with Crippen molar-refractivity contribution in [1.29, 1.82) is 5.26 Å². The van der Waals surface area contributed by atoms with Crippen LogP contribution >= 0.6 is 11.6 Å². The zero-order valence-electron chi connectivity index (χ0n) is 21.1. The van der Waals surface area contributed by atoms with Crippen LogP contribution in [-0.4, -0.2) is 63.8 Å². The summed E-state index contributed by atoms with van der Waals surface area (Å²) in [7, 11) is 1.65. The second-order valence-corrected chi connectivity index (χ2v) is 9.73. The molecule has 0 amide bonds. The molecule has 0 spiro atoms. The minimum atomic E-state index is -0.630. The summed E-state index contributed by atoms with van der Waals surface area (Å²) in [5.74, 6) is -0.148. The summed E-state index contributed by atoms with van der Waals surface area (Å²) in [6.07, 6.45) is 3.48. The largest absolute Gasteiger partial charge is 0.352 e. The molecule has 5 heterocycles. The van der Waals surface area contributed by atoms with Crippen molar-refractivity contribution in [2.45, 2.75) is 58.2 Å². The molecule has 194 valence electrons. The average Bonchev–Trinajstić information content (AvgIpc) is 3.45. The van der Waals surface area contributed by atoms with Crippen LogP contribution in [0.25, 0.3) is 11.3 Å². The van der Waals surface area contributed by atoms with Crippen LogP contribution in [0, 0.1) is 17.1 Å². The predicted octanol–water partition coefficient (Wildman–Crippen LogP) is 2.77. The second-order valence-electron chi connectivity index (χ2n) is 9.37. The molecule has 0 radical (unpaired) electrons. The van der Waals surface area contributed by atoms with Gasteiger partial charge < -0.3 is 4.90 Å². The van der Waals surface area contributed by atoms with Crippen LogP contribution in [0.4, 0.5) is 10.3 Å². The summed E-state index contributed by atoms with van der Waals surface area (Å²) in [4.78, 5) is 26.2. The van der Waals surface area contributed by atoms with Crippen LogP contribution in [0.5, 0.6) is 0 Å². The molecule has 3 atom stereocenters. The van der Waals surface area contributed by atoms with Crippen molar-refractivity contribution in [1.82, 2.24) is 38.7 Å². The third kappa shape index (κ3) is 4.22. The Morgan fingerprint density at radius 1 is 1.22 bits per heavy atom. The van der Waals surface area contributed by atoms with E-state index in [9.17, 15) is 9.18 Å². The van der Waals surface area contributed by atoms with Crippen LogP contribution in [0.2, 0.25) is 5.15 Å². The third-order valence-corrected chi connectivity index (χ3v) is 7.53. The minimum Gasteiger partial charge on any atom is -0.335 e. The van der Waals surface area contributed by atoms with E-state index in [-0.39, 0.29) is 41.0 Å². The highest BCUT2D eigenvalue weighted by molar-refractivity contribution is 6.29. The molecule has 37 heavy (non-hydrogen) atoms. The van der Waals surface area contributed by atoms with Gasteiger partial charge in [-0.25, -0.2) is 14.3 Å². The van der Waals surface area contributed by atoms with Crippen molar-refractivity contribution in [2.24, 2.45) is 7.05 Å². The molecule has 4 aromatic heterocycles. The van der Waals surface area contributed by atoms with Gasteiger partial charge in [0.1, 0.15) is 5.65 Å². The van der Waals surface area contributed by atoms with E-state index < -0.39 is 5.82 Å². The summed E-state index contributed by atoms with van der Waals surface area (Å²) >= 11 is 5.86. The minimum absolute atomic E-state index is 0.0431. The molecule has 0 bridgehead atoms. The van der Waals surface area contributed by atoms with Crippen LogP contribution in [-0.2, 0) is 13.5 Å². The lowest BCUT2D eigenvalue weighted by Crippen LogP contribution is -2.59. The molecule has 11 nitrogen and oxygen atoms in total. The van der Waals surface area contributed by atoms with E-state index >= 15 is 0 Å². The lowest BCUT2D eigenvalue weighted by molar-refractivity contribution is 0.0979. The van der Waals surface area contributed by atoms with Gasteiger partial charge in [0.25, 0.3) is 0 Å². The van der Waals surface area contributed by atoms with Gasteiger partial charge in [0.05, 0.1) is 23.9 Å². The molecule has 0 N–H and O–H groups in total. The van der Waals surface area contributed by atoms with Gasteiger partial charge >= 0.3 is 5.69 Å². The number of hydrogen-bond donors (Lipinski definition) is 0. The molecular weight excluding hydrogens is 499 g/mol. The Morgan fingerprint density at radius 3 is 2.68 bits per heavy atom. The van der Waals surface area contributed by atoms with Gasteiger partial charge in [0.15, 0.2) is 10.8 Å². The fourth-order valence-electron chi connectivity index (χ4n) is 5.16. The fraction of sp³-hybridized carbons (Fsp3) is 0.500. The topological polar surface area (TPSA) is 113 Å². The van der Waals surface area contributed by atoms with Crippen molar-refractivity contribution < 1.29 is 4.39 Å². The summed E-state index contributed by atoms with van der Waals surface area (Å²) in [5, 5.41) is 17.5. The Hall–Kier alpha value is -3.56. The third-order valence-electron chi connectivity index (χ3n) is 7.29. The first-order valence-electron chi connectivity index (χ1n) is 12.3. The van der Waals surface area contributed by atoms with E-state index in [0.717, 1.165) is 18.5 Å². The lowest BCUT2D eigenvalue weighted by Gasteiger charge is -2.48. The highest BCUT2D eigenvalue weighted by Crippen LogP contribution is 2.31. The maximum absolute atomic E-state index is 14.4. The molecule has 13 heteroatoms. The van der Waals surface area contributed by atoms with Gasteiger partial charge in [0, 0.05) is 50.5 Å². The predicted molar refractivity (Wildman–Crippen MR) is 136 cm³/mol. The van der Waals surface area contributed by atoms with E-state index in [1.54, 1.807) is 23.8 Å². The summed E-state index contributed by atoms with van der Waals surface area (Å²) < 4.78 is 18.9. The first-order chi connectivity index (χ1) is 17.8. The SMILES string of the molecule is CC[C@H]1CN(C(C)c2ccn3nc(Cl)c(F)c3n2)[C@H](CC)CN1c1nc(=O)n(C)c2cc(CC#N)nn12. The number of nitriles is 1. The molecule has 1 fully saturated rings. The smallest absolute Gasteiger partial charge is 0.335 e. The standard InChI is InChI=1S/C24H28ClFN10O/c1-5-16-13-34(23-29-24(37)32(4)19-11-15(7-9-27)30-36(19)23)17(6-2)12-33(16)14(3)18-8-10-35-22(28-18)20(26)21(25)31-35/h8,10-11,14,16-17H,5-7,12-13H2,1-4H3/t14?,16-,17+/m1/s1. The molecular formula is C24H28ClFN10O. The van der Waals surface area contributed by atoms with Gasteiger partial charge in [-0.3, -0.25) is 9.47 Å². The quantitative estimate of drug-likeness (QED) is 0.377. The Bertz CT molecular complexity index is 1570. The fourth-order valence-corrected chi connectivity index (χ4v) is 5.33. The lowest BCUT2D eigenvalue weighted by atomic mass is 9.99. The van der Waals surface area contributed by atoms with Crippen molar-refractivity contribution in [3.63, 3.8) is 0 Å². The number of fused-ring (bicyclic) bond motifs is 2.